The molecule has 15 heavy (non-hydrogen) atoms. The number of nitro benzene ring substituents is 2. The maximum Gasteiger partial charge on any atom is 0.317 e. The zero-order chi connectivity index (χ0) is 10.9. The molecule has 0 heterocycles. The Morgan fingerprint density at radius 1 is 1.20 bits per heavy atom. The number of hydrogen-bond acceptors (Lipinski definition) is 5. The summed E-state index contributed by atoms with van der Waals surface area (Å²) in [7, 11) is 0. The van der Waals surface area contributed by atoms with Crippen molar-refractivity contribution >= 4 is 62.8 Å². The standard InChI is InChI=1S/C7H6N2O5.K/c1-4-2-5(8(11)12)3-6(7(4)10)9(13)14;/h2-3,10H,1H3;. The molecule has 0 atom stereocenters. The van der Waals surface area contributed by atoms with Gasteiger partial charge in [-0.2, -0.15) is 0 Å². The molecule has 0 saturated heterocycles. The maximum absolute atomic E-state index is 10.4. The van der Waals surface area contributed by atoms with Gasteiger partial charge in [-0.3, -0.25) is 20.2 Å². The van der Waals surface area contributed by atoms with E-state index < -0.39 is 27.0 Å². The number of aryl methyl sites for hydroxylation is 1. The van der Waals surface area contributed by atoms with Gasteiger partial charge in [0.15, 0.2) is 5.75 Å². The van der Waals surface area contributed by atoms with Crippen molar-refractivity contribution in [3.05, 3.63) is 37.9 Å². The van der Waals surface area contributed by atoms with E-state index in [0.717, 1.165) is 12.1 Å². The summed E-state index contributed by atoms with van der Waals surface area (Å²) in [6.07, 6.45) is 0. The van der Waals surface area contributed by atoms with Crippen molar-refractivity contribution in [1.29, 1.82) is 0 Å². The minimum Gasteiger partial charge on any atom is -0.502 e. The topological polar surface area (TPSA) is 107 Å². The quantitative estimate of drug-likeness (QED) is 0.471. The summed E-state index contributed by atoms with van der Waals surface area (Å²) in [5.74, 6) is -0.541. The number of aromatic hydroxyl groups is 1. The molecule has 1 N–H and O–H groups in total. The predicted octanol–water partition coefficient (Wildman–Crippen LogP) is 1.14. The van der Waals surface area contributed by atoms with Gasteiger partial charge in [-0.05, 0) is 6.92 Å². The molecule has 8 heteroatoms. The first-order valence-electron chi connectivity index (χ1n) is 3.56. The fraction of sp³-hybridized carbons (Fsp3) is 0.143. The number of nitro groups is 2. The van der Waals surface area contributed by atoms with Gasteiger partial charge >= 0.3 is 5.69 Å². The Bertz CT molecular complexity index is 420. The summed E-state index contributed by atoms with van der Waals surface area (Å²) in [6, 6.07) is 1.80. The van der Waals surface area contributed by atoms with Crippen molar-refractivity contribution in [2.75, 3.05) is 0 Å². The zero-order valence-corrected chi connectivity index (χ0v) is 11.3. The zero-order valence-electron chi connectivity index (χ0n) is 8.13. The van der Waals surface area contributed by atoms with Crippen molar-refractivity contribution in [3.63, 3.8) is 0 Å². The second-order valence-electron chi connectivity index (χ2n) is 2.64. The van der Waals surface area contributed by atoms with E-state index in [9.17, 15) is 25.3 Å². The van der Waals surface area contributed by atoms with Crippen molar-refractivity contribution in [2.24, 2.45) is 0 Å². The summed E-state index contributed by atoms with van der Waals surface area (Å²) in [5, 5.41) is 29.9. The van der Waals surface area contributed by atoms with Gasteiger partial charge in [0.25, 0.3) is 5.69 Å². The first-order chi connectivity index (χ1) is 6.43. The van der Waals surface area contributed by atoms with Crippen LogP contribution in [0.15, 0.2) is 12.1 Å². The summed E-state index contributed by atoms with van der Waals surface area (Å²) in [6.45, 7) is 1.36. The molecule has 0 fully saturated rings. The van der Waals surface area contributed by atoms with Crippen LogP contribution in [0.4, 0.5) is 11.4 Å². The fourth-order valence-corrected chi connectivity index (χ4v) is 0.987. The molecular formula is C7H6KN2O5. The van der Waals surface area contributed by atoms with Gasteiger partial charge in [-0.1, -0.05) is 0 Å². The van der Waals surface area contributed by atoms with E-state index in [4.69, 9.17) is 0 Å². The second-order valence-corrected chi connectivity index (χ2v) is 2.64. The number of hydrogen-bond donors (Lipinski definition) is 1. The van der Waals surface area contributed by atoms with Gasteiger partial charge in [0.1, 0.15) is 0 Å². The molecule has 7 nitrogen and oxygen atoms in total. The molecular weight excluding hydrogens is 231 g/mol. The van der Waals surface area contributed by atoms with E-state index in [1.807, 2.05) is 0 Å². The van der Waals surface area contributed by atoms with Crippen LogP contribution >= 0.6 is 0 Å². The third kappa shape index (κ3) is 3.21. The van der Waals surface area contributed by atoms with Crippen LogP contribution in [-0.2, 0) is 0 Å². The molecule has 1 radical (unpaired) electrons. The molecule has 1 aromatic carbocycles. The second kappa shape index (κ2) is 5.52. The van der Waals surface area contributed by atoms with Crippen LogP contribution in [0.2, 0.25) is 0 Å². The Morgan fingerprint density at radius 2 is 1.73 bits per heavy atom. The van der Waals surface area contributed by atoms with Crippen molar-refractivity contribution in [2.45, 2.75) is 6.92 Å². The van der Waals surface area contributed by atoms with Gasteiger partial charge in [-0.15, -0.1) is 0 Å². The van der Waals surface area contributed by atoms with Crippen LogP contribution in [0.3, 0.4) is 0 Å². The first-order valence-corrected chi connectivity index (χ1v) is 3.56. The Labute approximate surface area is 127 Å². The molecule has 0 aliphatic rings. The average molecular weight is 237 g/mol. The SMILES string of the molecule is Cc1cc([N+](=O)[O-])cc([N+](=O)[O-])c1O.[K]. The monoisotopic (exact) mass is 237 g/mol. The normalized spacial score (nSPS) is 9.13. The van der Waals surface area contributed by atoms with Crippen LogP contribution in [-0.4, -0.2) is 66.3 Å². The summed E-state index contributed by atoms with van der Waals surface area (Å²) >= 11 is 0. The van der Waals surface area contributed by atoms with E-state index in [1.165, 1.54) is 6.92 Å². The number of nitrogens with zero attached hydrogens (tertiary/aromatic N) is 2. The first kappa shape index (κ1) is 14.5. The van der Waals surface area contributed by atoms with Crippen LogP contribution < -0.4 is 0 Å². The minimum absolute atomic E-state index is 0. The summed E-state index contributed by atoms with van der Waals surface area (Å²) in [5.41, 5.74) is -0.963. The number of phenolic OH excluding ortho intramolecular Hbond substituents is 1. The third-order valence-corrected chi connectivity index (χ3v) is 1.67. The summed E-state index contributed by atoms with van der Waals surface area (Å²) < 4.78 is 0. The van der Waals surface area contributed by atoms with E-state index in [1.54, 1.807) is 0 Å². The molecule has 0 bridgehead atoms. The van der Waals surface area contributed by atoms with Gasteiger partial charge in [0.05, 0.1) is 15.9 Å². The third-order valence-electron chi connectivity index (χ3n) is 1.67. The molecule has 0 spiro atoms. The van der Waals surface area contributed by atoms with E-state index in [-0.39, 0.29) is 56.9 Å². The molecule has 1 aromatic rings. The van der Waals surface area contributed by atoms with Gasteiger partial charge in [0.2, 0.25) is 0 Å². The molecule has 0 unspecified atom stereocenters. The Kier molecular flexibility index (Phi) is 5.32. The largest absolute Gasteiger partial charge is 0.502 e. The fourth-order valence-electron chi connectivity index (χ4n) is 0.987. The maximum atomic E-state index is 10.4. The van der Waals surface area contributed by atoms with Crippen molar-refractivity contribution in [3.8, 4) is 5.75 Å². The number of rotatable bonds is 2. The molecule has 0 aliphatic carbocycles. The van der Waals surface area contributed by atoms with E-state index in [0.29, 0.717) is 0 Å². The molecule has 0 aliphatic heterocycles. The van der Waals surface area contributed by atoms with Crippen LogP contribution in [0.25, 0.3) is 0 Å². The number of non-ortho nitro benzene ring substituents is 1. The minimum atomic E-state index is -0.866. The van der Waals surface area contributed by atoms with Gasteiger partial charge in [0, 0.05) is 63.0 Å². The Balaban J connectivity index is 0.00000196. The molecule has 0 aromatic heterocycles. The van der Waals surface area contributed by atoms with Crippen molar-refractivity contribution in [1.82, 2.24) is 0 Å². The van der Waals surface area contributed by atoms with Gasteiger partial charge < -0.3 is 5.11 Å². The number of phenols is 1. The number of benzene rings is 1. The molecule has 1 rings (SSSR count). The smallest absolute Gasteiger partial charge is 0.317 e. The van der Waals surface area contributed by atoms with E-state index in [2.05, 4.69) is 0 Å². The predicted molar refractivity (Wildman–Crippen MR) is 51.9 cm³/mol. The molecule has 75 valence electrons. The molecule has 0 saturated carbocycles. The Morgan fingerprint density at radius 3 is 2.13 bits per heavy atom. The van der Waals surface area contributed by atoms with Gasteiger partial charge in [-0.25, -0.2) is 0 Å². The molecule has 0 amide bonds. The Hall–Kier alpha value is -0.544. The van der Waals surface area contributed by atoms with E-state index >= 15 is 0 Å². The van der Waals surface area contributed by atoms with Crippen molar-refractivity contribution < 1.29 is 15.0 Å². The average Bonchev–Trinajstić information content (AvgIpc) is 2.08. The van der Waals surface area contributed by atoms with Crippen LogP contribution in [0, 0.1) is 27.2 Å². The van der Waals surface area contributed by atoms with Crippen LogP contribution in [0.5, 0.6) is 5.75 Å². The summed E-state index contributed by atoms with van der Waals surface area (Å²) in [4.78, 5) is 19.1. The van der Waals surface area contributed by atoms with Crippen LogP contribution in [0.1, 0.15) is 5.56 Å².